The molecule has 1 aliphatic heterocycles. The van der Waals surface area contributed by atoms with E-state index in [1.165, 1.54) is 11.1 Å². The van der Waals surface area contributed by atoms with Gasteiger partial charge in [0.15, 0.2) is 0 Å². The highest BCUT2D eigenvalue weighted by Gasteiger charge is 2.14. The van der Waals surface area contributed by atoms with Gasteiger partial charge in [0.05, 0.1) is 0 Å². The highest BCUT2D eigenvalue weighted by molar-refractivity contribution is 5.85. The Morgan fingerprint density at radius 3 is 2.44 bits per heavy atom. The zero-order chi connectivity index (χ0) is 17.4. The average Bonchev–Trinajstić information content (AvgIpc) is 3.05. The highest BCUT2D eigenvalue weighted by atomic mass is 35.5. The van der Waals surface area contributed by atoms with E-state index in [0.29, 0.717) is 13.0 Å². The Hall–Kier alpha value is -1.59. The number of nitrogens with zero attached hydrogens (tertiary/aromatic N) is 1. The lowest BCUT2D eigenvalue weighted by Crippen LogP contribution is -2.33. The summed E-state index contributed by atoms with van der Waals surface area (Å²) in [5.74, 6) is 0.0207. The Kier molecular flexibility index (Phi) is 9.53. The van der Waals surface area contributed by atoms with E-state index in [0.717, 1.165) is 44.6 Å². The Balaban J connectivity index is 0.00000312. The van der Waals surface area contributed by atoms with Crippen molar-refractivity contribution in [3.05, 3.63) is 34.9 Å². The standard InChI is InChI=1S/C19H29N3O2.ClH/c1-3-9-22(10-4-2)19(24)8-7-18(23)21-12-15-5-6-16-13-20-14-17(16)11-15;/h5-6,11,20H,3-4,7-10,12-14H2,1-2H3,(H,21,23);1H. The molecule has 140 valence electrons. The minimum atomic E-state index is -0.0603. The van der Waals surface area contributed by atoms with Gasteiger partial charge >= 0.3 is 0 Å². The molecule has 5 nitrogen and oxygen atoms in total. The first kappa shape index (κ1) is 21.5. The number of halogens is 1. The summed E-state index contributed by atoms with van der Waals surface area (Å²) in [6.07, 6.45) is 2.45. The third-order valence-corrected chi connectivity index (χ3v) is 4.30. The van der Waals surface area contributed by atoms with Crippen molar-refractivity contribution in [1.82, 2.24) is 15.5 Å². The van der Waals surface area contributed by atoms with Crippen molar-refractivity contribution in [2.75, 3.05) is 13.1 Å². The molecule has 6 heteroatoms. The summed E-state index contributed by atoms with van der Waals surface area (Å²) in [5, 5.41) is 6.23. The molecule has 0 bridgehead atoms. The van der Waals surface area contributed by atoms with E-state index in [1.54, 1.807) is 0 Å². The topological polar surface area (TPSA) is 61.4 Å². The zero-order valence-corrected chi connectivity index (χ0v) is 16.1. The largest absolute Gasteiger partial charge is 0.352 e. The maximum atomic E-state index is 12.2. The van der Waals surface area contributed by atoms with Gasteiger partial charge in [-0.25, -0.2) is 0 Å². The number of benzene rings is 1. The van der Waals surface area contributed by atoms with Crippen molar-refractivity contribution in [2.45, 2.75) is 59.2 Å². The lowest BCUT2D eigenvalue weighted by Gasteiger charge is -2.21. The summed E-state index contributed by atoms with van der Waals surface area (Å²) in [4.78, 5) is 26.0. The molecule has 1 aromatic rings. The van der Waals surface area contributed by atoms with Crippen LogP contribution in [0.25, 0.3) is 0 Å². The van der Waals surface area contributed by atoms with Gasteiger partial charge in [0.2, 0.25) is 11.8 Å². The van der Waals surface area contributed by atoms with Crippen LogP contribution >= 0.6 is 12.4 Å². The fourth-order valence-corrected chi connectivity index (χ4v) is 3.03. The van der Waals surface area contributed by atoms with E-state index >= 15 is 0 Å². The van der Waals surface area contributed by atoms with Crippen molar-refractivity contribution in [3.63, 3.8) is 0 Å². The number of hydrogen-bond acceptors (Lipinski definition) is 3. The van der Waals surface area contributed by atoms with Crippen LogP contribution < -0.4 is 10.6 Å². The Morgan fingerprint density at radius 2 is 1.76 bits per heavy atom. The van der Waals surface area contributed by atoms with Gasteiger partial charge in [-0.2, -0.15) is 0 Å². The second-order valence-electron chi connectivity index (χ2n) is 6.36. The van der Waals surface area contributed by atoms with Crippen LogP contribution in [-0.4, -0.2) is 29.8 Å². The number of carbonyl (C=O) groups excluding carboxylic acids is 2. The maximum absolute atomic E-state index is 12.2. The van der Waals surface area contributed by atoms with Gasteiger partial charge in [-0.1, -0.05) is 32.0 Å². The van der Waals surface area contributed by atoms with Crippen LogP contribution in [0.4, 0.5) is 0 Å². The second kappa shape index (κ2) is 11.1. The molecule has 0 atom stereocenters. The number of fused-ring (bicyclic) bond motifs is 1. The highest BCUT2D eigenvalue weighted by Crippen LogP contribution is 2.16. The SMILES string of the molecule is CCCN(CCC)C(=O)CCC(=O)NCc1ccc2c(c1)CNC2.Cl. The molecule has 0 saturated carbocycles. The van der Waals surface area contributed by atoms with Crippen molar-refractivity contribution < 1.29 is 9.59 Å². The molecule has 0 saturated heterocycles. The molecule has 1 aromatic carbocycles. The number of carbonyl (C=O) groups is 2. The Morgan fingerprint density at radius 1 is 1.08 bits per heavy atom. The number of hydrogen-bond donors (Lipinski definition) is 2. The molecule has 0 unspecified atom stereocenters. The van der Waals surface area contributed by atoms with Gasteiger partial charge in [0.1, 0.15) is 0 Å². The predicted molar refractivity (Wildman–Crippen MR) is 102 cm³/mol. The van der Waals surface area contributed by atoms with E-state index in [2.05, 4.69) is 42.7 Å². The molecule has 25 heavy (non-hydrogen) atoms. The maximum Gasteiger partial charge on any atom is 0.223 e. The molecule has 0 spiro atoms. The third kappa shape index (κ3) is 6.67. The predicted octanol–water partition coefficient (Wildman–Crippen LogP) is 2.76. The summed E-state index contributed by atoms with van der Waals surface area (Å²) in [7, 11) is 0. The zero-order valence-electron chi connectivity index (χ0n) is 15.3. The summed E-state index contributed by atoms with van der Waals surface area (Å²) in [6, 6.07) is 6.32. The number of nitrogens with one attached hydrogen (secondary N) is 2. The summed E-state index contributed by atoms with van der Waals surface area (Å²) in [6.45, 7) is 8.03. The van der Waals surface area contributed by atoms with Gasteiger partial charge in [-0.05, 0) is 29.5 Å². The van der Waals surface area contributed by atoms with Gasteiger partial charge in [0, 0.05) is 45.6 Å². The molecule has 0 fully saturated rings. The van der Waals surface area contributed by atoms with Crippen LogP contribution in [0.5, 0.6) is 0 Å². The number of rotatable bonds is 9. The molecule has 0 radical (unpaired) electrons. The quantitative estimate of drug-likeness (QED) is 0.705. The molecule has 2 N–H and O–H groups in total. The minimum absolute atomic E-state index is 0. The molecular formula is C19H30ClN3O2. The molecule has 0 aliphatic carbocycles. The van der Waals surface area contributed by atoms with Crippen LogP contribution in [0, 0.1) is 0 Å². The Bertz CT molecular complexity index is 572. The van der Waals surface area contributed by atoms with E-state index in [9.17, 15) is 9.59 Å². The fraction of sp³-hybridized carbons (Fsp3) is 0.579. The van der Waals surface area contributed by atoms with Crippen LogP contribution in [0.1, 0.15) is 56.2 Å². The van der Waals surface area contributed by atoms with Crippen molar-refractivity contribution in [2.24, 2.45) is 0 Å². The van der Waals surface area contributed by atoms with Gasteiger partial charge in [-0.15, -0.1) is 12.4 Å². The van der Waals surface area contributed by atoms with E-state index in [4.69, 9.17) is 0 Å². The minimum Gasteiger partial charge on any atom is -0.352 e. The molecule has 1 heterocycles. The molecular weight excluding hydrogens is 338 g/mol. The molecule has 0 aromatic heterocycles. The summed E-state index contributed by atoms with van der Waals surface area (Å²) < 4.78 is 0. The first-order chi connectivity index (χ1) is 11.6. The van der Waals surface area contributed by atoms with E-state index in [1.807, 2.05) is 4.90 Å². The first-order valence-electron chi connectivity index (χ1n) is 8.99. The van der Waals surface area contributed by atoms with Crippen LogP contribution in [0.15, 0.2) is 18.2 Å². The summed E-state index contributed by atoms with van der Waals surface area (Å²) in [5.41, 5.74) is 3.75. The van der Waals surface area contributed by atoms with Gasteiger partial charge in [0.25, 0.3) is 0 Å². The Labute approximate surface area is 157 Å². The van der Waals surface area contributed by atoms with E-state index in [-0.39, 0.29) is 30.6 Å². The molecule has 2 rings (SSSR count). The van der Waals surface area contributed by atoms with Crippen molar-refractivity contribution in [3.8, 4) is 0 Å². The van der Waals surface area contributed by atoms with Crippen LogP contribution in [0.2, 0.25) is 0 Å². The lowest BCUT2D eigenvalue weighted by molar-refractivity contribution is -0.133. The third-order valence-electron chi connectivity index (χ3n) is 4.30. The average molecular weight is 368 g/mol. The van der Waals surface area contributed by atoms with E-state index < -0.39 is 0 Å². The lowest BCUT2D eigenvalue weighted by atomic mass is 10.1. The number of amides is 2. The summed E-state index contributed by atoms with van der Waals surface area (Å²) >= 11 is 0. The van der Waals surface area contributed by atoms with Gasteiger partial charge < -0.3 is 15.5 Å². The normalized spacial score (nSPS) is 12.2. The monoisotopic (exact) mass is 367 g/mol. The molecule has 1 aliphatic rings. The smallest absolute Gasteiger partial charge is 0.223 e. The fourth-order valence-electron chi connectivity index (χ4n) is 3.03. The van der Waals surface area contributed by atoms with Crippen LogP contribution in [0.3, 0.4) is 0 Å². The van der Waals surface area contributed by atoms with Gasteiger partial charge in [-0.3, -0.25) is 9.59 Å². The van der Waals surface area contributed by atoms with Crippen molar-refractivity contribution >= 4 is 24.2 Å². The van der Waals surface area contributed by atoms with Crippen LogP contribution in [-0.2, 0) is 29.2 Å². The first-order valence-corrected chi connectivity index (χ1v) is 8.99. The second-order valence-corrected chi connectivity index (χ2v) is 6.36. The van der Waals surface area contributed by atoms with Crippen molar-refractivity contribution in [1.29, 1.82) is 0 Å². The molecule has 2 amide bonds.